The van der Waals surface area contributed by atoms with Crippen molar-refractivity contribution in [2.24, 2.45) is 17.8 Å². The third-order valence-corrected chi connectivity index (χ3v) is 3.24. The number of nitriles is 1. The van der Waals surface area contributed by atoms with Crippen LogP contribution in [0.1, 0.15) is 32.1 Å². The molecule has 0 spiro atoms. The molecule has 3 saturated carbocycles. The molecule has 3 fully saturated rings. The first-order valence-corrected chi connectivity index (χ1v) is 4.27. The Bertz CT molecular complexity index is 159. The molecular weight excluding hydrogens is 122 g/mol. The quantitative estimate of drug-likeness (QED) is 0.541. The molecule has 3 aliphatic carbocycles. The predicted octanol–water partition coefficient (Wildman–Crippen LogP) is 2.34. The van der Waals surface area contributed by atoms with Crippen LogP contribution >= 0.6 is 0 Å². The molecule has 0 aromatic heterocycles. The second kappa shape index (κ2) is 2.27. The number of hydrogen-bond donors (Lipinski definition) is 0. The third kappa shape index (κ3) is 0.831. The fourth-order valence-electron chi connectivity index (χ4n) is 2.48. The molecule has 0 aromatic rings. The summed E-state index contributed by atoms with van der Waals surface area (Å²) < 4.78 is 0. The van der Waals surface area contributed by atoms with Gasteiger partial charge in [0.2, 0.25) is 0 Å². The fraction of sp³-hybridized carbons (Fsp3) is 0.889. The zero-order valence-electron chi connectivity index (χ0n) is 6.21. The monoisotopic (exact) mass is 135 g/mol. The molecule has 54 valence electrons. The fourth-order valence-corrected chi connectivity index (χ4v) is 2.48. The molecule has 1 heteroatoms. The SMILES string of the molecule is N#CCC1CCC2CC1C2. The summed E-state index contributed by atoms with van der Waals surface area (Å²) in [6, 6.07) is 2.29. The maximum absolute atomic E-state index is 8.50. The summed E-state index contributed by atoms with van der Waals surface area (Å²) in [6.07, 6.45) is 6.43. The standard InChI is InChI=1S/C9H13N/c10-4-3-8-2-1-7-5-9(8)6-7/h7-9H,1-3,5-6H2. The van der Waals surface area contributed by atoms with Gasteiger partial charge in [-0.2, -0.15) is 5.26 Å². The lowest BCUT2D eigenvalue weighted by atomic mass is 9.59. The van der Waals surface area contributed by atoms with Gasteiger partial charge in [0, 0.05) is 6.42 Å². The molecule has 0 saturated heterocycles. The number of nitrogens with zero attached hydrogens (tertiary/aromatic N) is 1. The highest BCUT2D eigenvalue weighted by Crippen LogP contribution is 2.49. The van der Waals surface area contributed by atoms with Gasteiger partial charge in [0.25, 0.3) is 0 Å². The van der Waals surface area contributed by atoms with Crippen LogP contribution < -0.4 is 0 Å². The van der Waals surface area contributed by atoms with Crippen LogP contribution in [0.2, 0.25) is 0 Å². The molecule has 1 nitrogen and oxygen atoms in total. The van der Waals surface area contributed by atoms with Gasteiger partial charge in [-0.15, -0.1) is 0 Å². The summed E-state index contributed by atoms with van der Waals surface area (Å²) in [7, 11) is 0. The van der Waals surface area contributed by atoms with E-state index in [9.17, 15) is 0 Å². The number of rotatable bonds is 1. The maximum Gasteiger partial charge on any atom is 0.0624 e. The van der Waals surface area contributed by atoms with Crippen LogP contribution in [0.5, 0.6) is 0 Å². The van der Waals surface area contributed by atoms with E-state index in [0.717, 1.165) is 24.2 Å². The lowest BCUT2D eigenvalue weighted by molar-refractivity contribution is 0.0524. The van der Waals surface area contributed by atoms with Crippen LogP contribution in [0.3, 0.4) is 0 Å². The number of hydrogen-bond acceptors (Lipinski definition) is 1. The predicted molar refractivity (Wildman–Crippen MR) is 39.2 cm³/mol. The van der Waals surface area contributed by atoms with Gasteiger partial charge in [-0.3, -0.25) is 0 Å². The Kier molecular flexibility index (Phi) is 1.41. The van der Waals surface area contributed by atoms with Crippen molar-refractivity contribution in [3.63, 3.8) is 0 Å². The minimum Gasteiger partial charge on any atom is -0.198 e. The summed E-state index contributed by atoms with van der Waals surface area (Å²) >= 11 is 0. The highest BCUT2D eigenvalue weighted by atomic mass is 14.4. The van der Waals surface area contributed by atoms with Gasteiger partial charge in [-0.1, -0.05) is 6.42 Å². The molecular formula is C9H13N. The van der Waals surface area contributed by atoms with Crippen molar-refractivity contribution in [3.8, 4) is 6.07 Å². The topological polar surface area (TPSA) is 23.8 Å². The first-order chi connectivity index (χ1) is 4.90. The van der Waals surface area contributed by atoms with Crippen LogP contribution in [-0.2, 0) is 0 Å². The molecule has 0 amide bonds. The summed E-state index contributed by atoms with van der Waals surface area (Å²) in [6.45, 7) is 0. The van der Waals surface area contributed by atoms with E-state index in [-0.39, 0.29) is 0 Å². The highest BCUT2D eigenvalue weighted by molar-refractivity contribution is 4.93. The Balaban J connectivity index is 1.91. The van der Waals surface area contributed by atoms with E-state index < -0.39 is 0 Å². The van der Waals surface area contributed by atoms with E-state index in [1.807, 2.05) is 0 Å². The van der Waals surface area contributed by atoms with Gasteiger partial charge in [-0.05, 0) is 37.0 Å². The van der Waals surface area contributed by atoms with Crippen molar-refractivity contribution in [2.75, 3.05) is 0 Å². The van der Waals surface area contributed by atoms with Crippen LogP contribution in [0.15, 0.2) is 0 Å². The summed E-state index contributed by atoms with van der Waals surface area (Å²) in [5.41, 5.74) is 0. The third-order valence-electron chi connectivity index (χ3n) is 3.24. The molecule has 10 heavy (non-hydrogen) atoms. The van der Waals surface area contributed by atoms with E-state index in [2.05, 4.69) is 6.07 Å². The Morgan fingerprint density at radius 3 is 2.60 bits per heavy atom. The average molecular weight is 135 g/mol. The van der Waals surface area contributed by atoms with Crippen LogP contribution in [0.4, 0.5) is 0 Å². The van der Waals surface area contributed by atoms with E-state index in [1.54, 1.807) is 0 Å². The molecule has 2 bridgehead atoms. The Labute approximate surface area is 62.0 Å². The lowest BCUT2D eigenvalue weighted by Crippen LogP contribution is -2.35. The smallest absolute Gasteiger partial charge is 0.0624 e. The lowest BCUT2D eigenvalue weighted by Gasteiger charge is -2.46. The van der Waals surface area contributed by atoms with E-state index in [0.29, 0.717) is 0 Å². The molecule has 3 rings (SSSR count). The molecule has 0 heterocycles. The van der Waals surface area contributed by atoms with Crippen molar-refractivity contribution < 1.29 is 0 Å². The normalized spacial score (nSPS) is 43.7. The second-order valence-corrected chi connectivity index (χ2v) is 3.80. The minimum absolute atomic E-state index is 0.773. The van der Waals surface area contributed by atoms with E-state index in [1.165, 1.54) is 25.7 Å². The summed E-state index contributed by atoms with van der Waals surface area (Å²) in [4.78, 5) is 0. The Morgan fingerprint density at radius 2 is 2.10 bits per heavy atom. The molecule has 0 aliphatic heterocycles. The van der Waals surface area contributed by atoms with Crippen molar-refractivity contribution in [1.82, 2.24) is 0 Å². The van der Waals surface area contributed by atoms with Gasteiger partial charge in [-0.25, -0.2) is 0 Å². The van der Waals surface area contributed by atoms with Gasteiger partial charge in [0.15, 0.2) is 0 Å². The second-order valence-electron chi connectivity index (χ2n) is 3.80. The maximum atomic E-state index is 8.50. The Hall–Kier alpha value is -0.510. The van der Waals surface area contributed by atoms with Gasteiger partial charge in [0.05, 0.1) is 6.07 Å². The van der Waals surface area contributed by atoms with Crippen LogP contribution in [0, 0.1) is 29.1 Å². The minimum atomic E-state index is 0.773. The summed E-state index contributed by atoms with van der Waals surface area (Å²) in [5.74, 6) is 2.77. The summed E-state index contributed by atoms with van der Waals surface area (Å²) in [5, 5.41) is 8.50. The van der Waals surface area contributed by atoms with Crippen molar-refractivity contribution in [2.45, 2.75) is 32.1 Å². The molecule has 1 atom stereocenters. The molecule has 3 aliphatic rings. The first kappa shape index (κ1) is 6.22. The van der Waals surface area contributed by atoms with E-state index in [4.69, 9.17) is 5.26 Å². The van der Waals surface area contributed by atoms with Crippen LogP contribution in [0.25, 0.3) is 0 Å². The molecule has 1 unspecified atom stereocenters. The number of fused-ring (bicyclic) bond motifs is 2. The first-order valence-electron chi connectivity index (χ1n) is 4.27. The molecule has 0 N–H and O–H groups in total. The van der Waals surface area contributed by atoms with Gasteiger partial charge >= 0.3 is 0 Å². The zero-order chi connectivity index (χ0) is 6.97. The molecule has 0 aromatic carbocycles. The zero-order valence-corrected chi connectivity index (χ0v) is 6.21. The van der Waals surface area contributed by atoms with Crippen molar-refractivity contribution in [1.29, 1.82) is 5.26 Å². The average Bonchev–Trinajstić information content (AvgIpc) is 1.87. The van der Waals surface area contributed by atoms with Crippen molar-refractivity contribution >= 4 is 0 Å². The Morgan fingerprint density at radius 1 is 1.30 bits per heavy atom. The largest absolute Gasteiger partial charge is 0.198 e. The highest BCUT2D eigenvalue weighted by Gasteiger charge is 2.39. The molecule has 0 radical (unpaired) electrons. The van der Waals surface area contributed by atoms with E-state index >= 15 is 0 Å². The van der Waals surface area contributed by atoms with Gasteiger partial charge < -0.3 is 0 Å². The van der Waals surface area contributed by atoms with Crippen molar-refractivity contribution in [3.05, 3.63) is 0 Å². The van der Waals surface area contributed by atoms with Crippen LogP contribution in [-0.4, -0.2) is 0 Å². The van der Waals surface area contributed by atoms with Gasteiger partial charge in [0.1, 0.15) is 0 Å².